The second kappa shape index (κ2) is 11.5. The third kappa shape index (κ3) is 9.42. The molecule has 1 saturated heterocycles. The molecule has 8 heteroatoms. The first kappa shape index (κ1) is 22.0. The monoisotopic (exact) mass is 400 g/mol. The van der Waals surface area contributed by atoms with Gasteiger partial charge >= 0.3 is 5.97 Å². The highest BCUT2D eigenvalue weighted by atomic mass is 35.6. The number of rotatable bonds is 10. The summed E-state index contributed by atoms with van der Waals surface area (Å²) in [7, 11) is 0. The van der Waals surface area contributed by atoms with Crippen LogP contribution in [-0.4, -0.2) is 47.8 Å². The molecule has 0 aromatic heterocycles. The van der Waals surface area contributed by atoms with Crippen LogP contribution in [0.15, 0.2) is 0 Å². The first-order valence-electron chi connectivity index (χ1n) is 8.53. The lowest BCUT2D eigenvalue weighted by molar-refractivity contribution is -0.146. The van der Waals surface area contributed by atoms with E-state index in [0.717, 1.165) is 38.8 Å². The van der Waals surface area contributed by atoms with E-state index < -0.39 is 9.76 Å². The number of alkyl halides is 3. The maximum atomic E-state index is 12.7. The van der Waals surface area contributed by atoms with Crippen LogP contribution in [-0.2, 0) is 14.3 Å². The maximum absolute atomic E-state index is 12.7. The Labute approximate surface area is 159 Å². The van der Waals surface area contributed by atoms with Crippen LogP contribution in [0.25, 0.3) is 0 Å². The average Bonchev–Trinajstić information content (AvgIpc) is 2.55. The van der Waals surface area contributed by atoms with Gasteiger partial charge in [-0.05, 0) is 6.42 Å². The molecule has 24 heavy (non-hydrogen) atoms. The highest BCUT2D eigenvalue weighted by Gasteiger charge is 2.30. The van der Waals surface area contributed by atoms with Crippen LogP contribution >= 0.6 is 34.8 Å². The van der Waals surface area contributed by atoms with E-state index in [0.29, 0.717) is 13.0 Å². The molecule has 140 valence electrons. The predicted octanol–water partition coefficient (Wildman–Crippen LogP) is 3.01. The van der Waals surface area contributed by atoms with Crippen molar-refractivity contribution in [3.8, 4) is 0 Å². The van der Waals surface area contributed by atoms with E-state index in [9.17, 15) is 9.59 Å². The van der Waals surface area contributed by atoms with Crippen LogP contribution in [0, 0.1) is 5.92 Å². The summed E-state index contributed by atoms with van der Waals surface area (Å²) in [6.45, 7) is 4.01. The molecular weight excluding hydrogens is 375 g/mol. The van der Waals surface area contributed by atoms with E-state index in [1.54, 1.807) is 0 Å². The zero-order valence-corrected chi connectivity index (χ0v) is 16.4. The fourth-order valence-corrected chi connectivity index (χ4v) is 2.89. The van der Waals surface area contributed by atoms with Gasteiger partial charge < -0.3 is 15.4 Å². The van der Waals surface area contributed by atoms with Crippen LogP contribution < -0.4 is 10.6 Å². The van der Waals surface area contributed by atoms with Crippen molar-refractivity contribution >= 4 is 46.6 Å². The van der Waals surface area contributed by atoms with Crippen molar-refractivity contribution in [3.63, 3.8) is 0 Å². The third-order valence-corrected chi connectivity index (χ3v) is 4.33. The van der Waals surface area contributed by atoms with Crippen molar-refractivity contribution in [2.45, 2.75) is 55.3 Å². The van der Waals surface area contributed by atoms with Gasteiger partial charge in [0.25, 0.3) is 0 Å². The van der Waals surface area contributed by atoms with Crippen molar-refractivity contribution in [1.82, 2.24) is 10.6 Å². The first-order chi connectivity index (χ1) is 11.3. The van der Waals surface area contributed by atoms with Gasteiger partial charge in [0.1, 0.15) is 6.61 Å². The molecule has 0 aliphatic carbocycles. The second-order valence-electron chi connectivity index (χ2n) is 6.14. The minimum Gasteiger partial charge on any atom is -0.461 e. The van der Waals surface area contributed by atoms with Gasteiger partial charge in [0, 0.05) is 25.6 Å². The van der Waals surface area contributed by atoms with Crippen LogP contribution in [0.3, 0.4) is 0 Å². The summed E-state index contributed by atoms with van der Waals surface area (Å²) in [6.07, 6.45) is 4.94. The quantitative estimate of drug-likeness (QED) is 0.334. The van der Waals surface area contributed by atoms with Gasteiger partial charge in [0.05, 0.1) is 12.5 Å². The molecule has 2 N–H and O–H groups in total. The van der Waals surface area contributed by atoms with Crippen molar-refractivity contribution in [3.05, 3.63) is 0 Å². The van der Waals surface area contributed by atoms with Crippen LogP contribution in [0.1, 0.15) is 45.4 Å². The maximum Gasteiger partial charge on any atom is 0.306 e. The minimum atomic E-state index is -1.63. The Morgan fingerprint density at radius 1 is 1.21 bits per heavy atom. The molecule has 0 aromatic rings. The molecule has 1 rings (SSSR count). The van der Waals surface area contributed by atoms with Crippen LogP contribution in [0.5, 0.6) is 0 Å². The number of carbonyl (C=O) groups is 2. The number of ether oxygens (including phenoxy) is 1. The van der Waals surface area contributed by atoms with Crippen LogP contribution in [0.2, 0.25) is 0 Å². The Balaban J connectivity index is 2.55. The van der Waals surface area contributed by atoms with Gasteiger partial charge in [-0.1, -0.05) is 67.4 Å². The lowest BCUT2D eigenvalue weighted by atomic mass is 9.89. The van der Waals surface area contributed by atoms with Gasteiger partial charge in [-0.15, -0.1) is 0 Å². The molecule has 1 aliphatic heterocycles. The van der Waals surface area contributed by atoms with E-state index in [2.05, 4.69) is 17.6 Å². The highest BCUT2D eigenvalue weighted by Crippen LogP contribution is 2.26. The van der Waals surface area contributed by atoms with Crippen molar-refractivity contribution in [1.29, 1.82) is 0 Å². The van der Waals surface area contributed by atoms with Crippen molar-refractivity contribution in [2.75, 3.05) is 26.2 Å². The number of esters is 1. The Hall–Kier alpha value is -0.0700. The molecule has 1 fully saturated rings. The third-order valence-electron chi connectivity index (χ3n) is 4.00. The summed E-state index contributed by atoms with van der Waals surface area (Å²) in [5.41, 5.74) is 0. The van der Waals surface area contributed by atoms with Gasteiger partial charge in [-0.3, -0.25) is 9.59 Å². The number of carbonyl (C=O) groups excluding carboxylic acids is 2. The minimum absolute atomic E-state index is 0.0316. The number of piperazine rings is 1. The molecule has 5 nitrogen and oxygen atoms in total. The Bertz CT molecular complexity index is 397. The summed E-state index contributed by atoms with van der Waals surface area (Å²) in [4.78, 5) is 24.7. The smallest absolute Gasteiger partial charge is 0.306 e. The fraction of sp³-hybridized carbons (Fsp3) is 0.875. The van der Waals surface area contributed by atoms with E-state index >= 15 is 0 Å². The molecule has 0 saturated carbocycles. The van der Waals surface area contributed by atoms with E-state index in [4.69, 9.17) is 39.5 Å². The SMILES string of the molecule is CCCCCC[C@H](CC(=O)OCC(Cl)(Cl)Cl)C(=O)[C@@H]1CNCCN1. The van der Waals surface area contributed by atoms with Gasteiger partial charge in [-0.2, -0.15) is 0 Å². The molecular formula is C16H27Cl3N2O3. The molecule has 0 radical (unpaired) electrons. The predicted molar refractivity (Wildman–Crippen MR) is 97.8 cm³/mol. The number of unbranched alkanes of at least 4 members (excludes halogenated alkanes) is 3. The first-order valence-corrected chi connectivity index (χ1v) is 9.67. The summed E-state index contributed by atoms with van der Waals surface area (Å²) in [5.74, 6) is -0.800. The molecule has 0 aromatic carbocycles. The lowest BCUT2D eigenvalue weighted by Crippen LogP contribution is -2.54. The van der Waals surface area contributed by atoms with Crippen LogP contribution in [0.4, 0.5) is 0 Å². The Morgan fingerprint density at radius 2 is 1.96 bits per heavy atom. The molecule has 0 unspecified atom stereocenters. The average molecular weight is 402 g/mol. The van der Waals surface area contributed by atoms with E-state index in [1.165, 1.54) is 0 Å². The zero-order valence-electron chi connectivity index (χ0n) is 14.1. The van der Waals surface area contributed by atoms with E-state index in [-0.39, 0.29) is 30.8 Å². The molecule has 1 heterocycles. The number of Topliss-reactive ketones (excluding diaryl/α,β-unsaturated/α-hetero) is 1. The topological polar surface area (TPSA) is 67.4 Å². The number of nitrogens with one attached hydrogen (secondary N) is 2. The fourth-order valence-electron chi connectivity index (χ4n) is 2.72. The zero-order chi connectivity index (χ0) is 18.0. The molecule has 0 spiro atoms. The van der Waals surface area contributed by atoms with Gasteiger partial charge in [-0.25, -0.2) is 0 Å². The Morgan fingerprint density at radius 3 is 2.54 bits per heavy atom. The molecule has 0 bridgehead atoms. The summed E-state index contributed by atoms with van der Waals surface area (Å²) < 4.78 is 3.35. The number of halogens is 3. The normalized spacial score (nSPS) is 19.8. The summed E-state index contributed by atoms with van der Waals surface area (Å²) in [5, 5.41) is 6.40. The highest BCUT2D eigenvalue weighted by molar-refractivity contribution is 6.67. The second-order valence-corrected chi connectivity index (χ2v) is 8.66. The van der Waals surface area contributed by atoms with E-state index in [1.807, 2.05) is 0 Å². The number of hydrogen-bond acceptors (Lipinski definition) is 5. The number of ketones is 1. The van der Waals surface area contributed by atoms with Crippen molar-refractivity contribution < 1.29 is 14.3 Å². The van der Waals surface area contributed by atoms with Crippen molar-refractivity contribution in [2.24, 2.45) is 5.92 Å². The summed E-state index contributed by atoms with van der Waals surface area (Å²) in [6, 6.07) is -0.254. The molecule has 0 amide bonds. The number of hydrogen-bond donors (Lipinski definition) is 2. The van der Waals surface area contributed by atoms with Gasteiger partial charge in [0.2, 0.25) is 3.79 Å². The standard InChI is InChI=1S/C16H27Cl3N2O3/c1-2-3-4-5-6-12(9-14(22)24-11-16(17,18)19)15(23)13-10-20-7-8-21-13/h12-13,20-21H,2-11H2,1H3/t12-,13+/m1/s1. The molecule has 1 aliphatic rings. The summed E-state index contributed by atoms with van der Waals surface area (Å²) >= 11 is 16.8. The lowest BCUT2D eigenvalue weighted by Gasteiger charge is -2.27. The Kier molecular flexibility index (Phi) is 10.6. The van der Waals surface area contributed by atoms with Gasteiger partial charge in [0.15, 0.2) is 5.78 Å². The molecule has 2 atom stereocenters. The largest absolute Gasteiger partial charge is 0.461 e.